The van der Waals surface area contributed by atoms with Crippen LogP contribution in [0, 0.1) is 17.3 Å². The fraction of sp³-hybridized carbons (Fsp3) is 0.533. The van der Waals surface area contributed by atoms with E-state index in [2.05, 4.69) is 87.7 Å². The molecule has 1 aliphatic heterocycles. The molecule has 1 aliphatic carbocycles. The maximum absolute atomic E-state index is 4.49. The van der Waals surface area contributed by atoms with Crippen LogP contribution in [0.25, 0.3) is 5.70 Å². The van der Waals surface area contributed by atoms with Gasteiger partial charge in [-0.05, 0) is 83.9 Å². The van der Waals surface area contributed by atoms with E-state index < -0.39 is 0 Å². The molecule has 1 spiro atoms. The molecule has 2 aromatic rings. The molecule has 0 saturated carbocycles. The number of rotatable bonds is 6. The third-order valence-electron chi connectivity index (χ3n) is 7.63. The van der Waals surface area contributed by atoms with Crippen molar-refractivity contribution < 1.29 is 0 Å². The van der Waals surface area contributed by atoms with E-state index in [0.717, 1.165) is 31.3 Å². The highest BCUT2D eigenvalue weighted by atomic mass is 15.1. The van der Waals surface area contributed by atoms with E-state index in [1.807, 2.05) is 0 Å². The van der Waals surface area contributed by atoms with Gasteiger partial charge in [0.2, 0.25) is 0 Å². The largest absolute Gasteiger partial charge is 0.371 e. The summed E-state index contributed by atoms with van der Waals surface area (Å²) in [6, 6.07) is 18.4. The Labute approximate surface area is 190 Å². The number of likely N-dealkylation sites (tertiary alicyclic amines) is 1. The molecule has 1 atom stereocenters. The van der Waals surface area contributed by atoms with Crippen LogP contribution in [0.2, 0.25) is 0 Å². The smallest absolute Gasteiger partial charge is 0.0366 e. The second kappa shape index (κ2) is 9.23. The summed E-state index contributed by atoms with van der Waals surface area (Å²) < 4.78 is 0. The van der Waals surface area contributed by atoms with Crippen LogP contribution in [-0.4, -0.2) is 18.0 Å². The molecule has 31 heavy (non-hydrogen) atoms. The first-order valence-electron chi connectivity index (χ1n) is 12.5. The quantitative estimate of drug-likeness (QED) is 0.467. The Morgan fingerprint density at radius 3 is 2.29 bits per heavy atom. The lowest BCUT2D eigenvalue weighted by molar-refractivity contribution is 0.107. The number of hydrogen-bond donors (Lipinski definition) is 0. The van der Waals surface area contributed by atoms with E-state index >= 15 is 0 Å². The lowest BCUT2D eigenvalue weighted by Crippen LogP contribution is -2.43. The highest BCUT2D eigenvalue weighted by Crippen LogP contribution is 2.50. The van der Waals surface area contributed by atoms with E-state index in [1.54, 1.807) is 11.1 Å². The van der Waals surface area contributed by atoms with Crippen molar-refractivity contribution in [3.63, 3.8) is 0 Å². The minimum Gasteiger partial charge on any atom is -0.371 e. The molecule has 166 valence electrons. The van der Waals surface area contributed by atoms with Gasteiger partial charge in [0, 0.05) is 18.8 Å². The van der Waals surface area contributed by atoms with Gasteiger partial charge in [0.15, 0.2) is 0 Å². The molecule has 0 radical (unpaired) electrons. The Hall–Kier alpha value is -2.02. The summed E-state index contributed by atoms with van der Waals surface area (Å²) in [5, 5.41) is 0. The molecular weight excluding hydrogens is 374 g/mol. The molecule has 0 amide bonds. The lowest BCUT2D eigenvalue weighted by atomic mass is 9.61. The van der Waals surface area contributed by atoms with Crippen LogP contribution in [0.3, 0.4) is 0 Å². The summed E-state index contributed by atoms with van der Waals surface area (Å²) in [7, 11) is 0. The van der Waals surface area contributed by atoms with Crippen molar-refractivity contribution in [3.05, 3.63) is 77.4 Å². The molecule has 0 N–H and O–H groups in total. The zero-order valence-electron chi connectivity index (χ0n) is 20.2. The normalized spacial score (nSPS) is 20.3. The summed E-state index contributed by atoms with van der Waals surface area (Å²) in [6.07, 6.45) is 7.69. The fourth-order valence-corrected chi connectivity index (χ4v) is 6.10. The van der Waals surface area contributed by atoms with Gasteiger partial charge in [-0.25, -0.2) is 0 Å². The summed E-state index contributed by atoms with van der Waals surface area (Å²) in [4.78, 5) is 2.54. The zero-order valence-corrected chi connectivity index (χ0v) is 20.2. The van der Waals surface area contributed by atoms with Crippen molar-refractivity contribution in [2.24, 2.45) is 17.3 Å². The Morgan fingerprint density at radius 1 is 0.968 bits per heavy atom. The fourth-order valence-electron chi connectivity index (χ4n) is 6.10. The first-order valence-corrected chi connectivity index (χ1v) is 12.5. The summed E-state index contributed by atoms with van der Waals surface area (Å²) >= 11 is 0. The minimum absolute atomic E-state index is 0.478. The molecule has 2 aliphatic rings. The van der Waals surface area contributed by atoms with E-state index in [0.29, 0.717) is 11.3 Å². The van der Waals surface area contributed by atoms with Gasteiger partial charge in [-0.15, -0.1) is 0 Å². The van der Waals surface area contributed by atoms with Crippen LogP contribution in [0.4, 0.5) is 0 Å². The number of hydrogen-bond acceptors (Lipinski definition) is 1. The monoisotopic (exact) mass is 415 g/mol. The third-order valence-corrected chi connectivity index (χ3v) is 7.63. The van der Waals surface area contributed by atoms with E-state index in [9.17, 15) is 0 Å². The molecule has 1 heteroatoms. The second-order valence-corrected chi connectivity index (χ2v) is 11.1. The first kappa shape index (κ1) is 22.2. The lowest BCUT2D eigenvalue weighted by Gasteiger charge is -2.48. The van der Waals surface area contributed by atoms with Gasteiger partial charge < -0.3 is 4.90 Å². The van der Waals surface area contributed by atoms with Gasteiger partial charge in [-0.1, -0.05) is 82.8 Å². The molecule has 0 bridgehead atoms. The first-order chi connectivity index (χ1) is 14.8. The highest BCUT2D eigenvalue weighted by Gasteiger charge is 2.41. The van der Waals surface area contributed by atoms with Gasteiger partial charge in [-0.3, -0.25) is 0 Å². The van der Waals surface area contributed by atoms with Gasteiger partial charge in [0.1, 0.15) is 0 Å². The van der Waals surface area contributed by atoms with Crippen molar-refractivity contribution in [2.75, 3.05) is 13.1 Å². The molecule has 1 saturated heterocycles. The van der Waals surface area contributed by atoms with Crippen LogP contribution >= 0.6 is 0 Å². The Morgan fingerprint density at radius 2 is 1.65 bits per heavy atom. The molecular formula is C30H41N. The maximum Gasteiger partial charge on any atom is 0.0366 e. The standard InChI is InChI=1S/C30H41N/c1-22(2)18-25-10-12-26(13-11-25)24(5)31-16-14-30(15-17-31)20-27-8-6-7-9-29(27)28(21-30)19-23(3)4/h6-13,22-23,28H,5,14-21H2,1-4H3. The van der Waals surface area contributed by atoms with Crippen molar-refractivity contribution >= 4 is 5.70 Å². The van der Waals surface area contributed by atoms with E-state index in [1.165, 1.54) is 48.9 Å². The van der Waals surface area contributed by atoms with Gasteiger partial charge in [-0.2, -0.15) is 0 Å². The highest BCUT2D eigenvalue weighted by molar-refractivity contribution is 5.62. The van der Waals surface area contributed by atoms with Crippen molar-refractivity contribution in [3.8, 4) is 0 Å². The average molecular weight is 416 g/mol. The van der Waals surface area contributed by atoms with Gasteiger partial charge >= 0.3 is 0 Å². The maximum atomic E-state index is 4.49. The van der Waals surface area contributed by atoms with Crippen LogP contribution in [0.5, 0.6) is 0 Å². The second-order valence-electron chi connectivity index (χ2n) is 11.1. The SMILES string of the molecule is C=C(c1ccc(CC(C)C)cc1)N1CCC2(CC1)Cc1ccccc1C(CC(C)C)C2. The number of benzene rings is 2. The summed E-state index contributed by atoms with van der Waals surface area (Å²) in [6.45, 7) is 16.1. The zero-order chi connectivity index (χ0) is 22.0. The average Bonchev–Trinajstić information content (AvgIpc) is 2.73. The van der Waals surface area contributed by atoms with Crippen LogP contribution < -0.4 is 0 Å². The van der Waals surface area contributed by atoms with Gasteiger partial charge in [0.05, 0.1) is 0 Å². The predicted octanol–water partition coefficient (Wildman–Crippen LogP) is 7.71. The third kappa shape index (κ3) is 5.08. The van der Waals surface area contributed by atoms with Crippen LogP contribution in [0.1, 0.15) is 81.5 Å². The molecule has 4 rings (SSSR count). The number of fused-ring (bicyclic) bond motifs is 1. The molecule has 1 fully saturated rings. The number of piperidine rings is 1. The van der Waals surface area contributed by atoms with E-state index in [4.69, 9.17) is 0 Å². The van der Waals surface area contributed by atoms with Gasteiger partial charge in [0.25, 0.3) is 0 Å². The Balaban J connectivity index is 1.43. The topological polar surface area (TPSA) is 3.24 Å². The van der Waals surface area contributed by atoms with Crippen LogP contribution in [-0.2, 0) is 12.8 Å². The van der Waals surface area contributed by atoms with Crippen molar-refractivity contribution in [2.45, 2.75) is 72.1 Å². The van der Waals surface area contributed by atoms with Crippen molar-refractivity contribution in [1.29, 1.82) is 0 Å². The van der Waals surface area contributed by atoms with Crippen LogP contribution in [0.15, 0.2) is 55.1 Å². The van der Waals surface area contributed by atoms with Crippen molar-refractivity contribution in [1.82, 2.24) is 4.90 Å². The minimum atomic E-state index is 0.478. The number of nitrogens with zero attached hydrogens (tertiary/aromatic N) is 1. The predicted molar refractivity (Wildman–Crippen MR) is 134 cm³/mol. The summed E-state index contributed by atoms with van der Waals surface area (Å²) in [5.41, 5.74) is 7.66. The van der Waals surface area contributed by atoms with E-state index in [-0.39, 0.29) is 0 Å². The molecule has 2 aromatic carbocycles. The summed E-state index contributed by atoms with van der Waals surface area (Å²) in [5.74, 6) is 2.19. The Kier molecular flexibility index (Phi) is 6.60. The molecule has 0 aromatic heterocycles. The molecule has 1 nitrogen and oxygen atoms in total. The molecule has 1 unspecified atom stereocenters. The Bertz CT molecular complexity index is 881. The molecule has 1 heterocycles.